The zero-order valence-electron chi connectivity index (χ0n) is 9.12. The van der Waals surface area contributed by atoms with Gasteiger partial charge in [-0.1, -0.05) is 5.11 Å². The Kier molecular flexibility index (Phi) is 6.86. The van der Waals surface area contributed by atoms with Gasteiger partial charge in [-0.15, -0.1) is 0 Å². The highest BCUT2D eigenvalue weighted by atomic mass is 16.4. The van der Waals surface area contributed by atoms with Crippen LogP contribution in [0.25, 0.3) is 10.4 Å². The number of nitrogens with zero attached hydrogens (tertiary/aromatic N) is 3. The second-order valence-corrected chi connectivity index (χ2v) is 3.46. The maximum absolute atomic E-state index is 10.7. The van der Waals surface area contributed by atoms with Gasteiger partial charge >= 0.3 is 5.97 Å². The summed E-state index contributed by atoms with van der Waals surface area (Å²) in [6.45, 7) is -0.547. The molecule has 0 spiro atoms. The molecule has 0 aliphatic carbocycles. The highest BCUT2D eigenvalue weighted by Gasteiger charge is 2.32. The van der Waals surface area contributed by atoms with Gasteiger partial charge in [0.15, 0.2) is 0 Å². The molecule has 0 fully saturated rings. The van der Waals surface area contributed by atoms with Gasteiger partial charge in [-0.3, -0.25) is 4.79 Å². The van der Waals surface area contributed by atoms with Crippen LogP contribution in [0, 0.1) is 0 Å². The van der Waals surface area contributed by atoms with Crippen molar-refractivity contribution in [2.24, 2.45) is 5.11 Å². The Labute approximate surface area is 101 Å². The van der Waals surface area contributed by atoms with Crippen molar-refractivity contribution in [2.45, 2.75) is 30.8 Å². The molecule has 5 N–H and O–H groups in total. The smallest absolute Gasteiger partial charge is 0.372 e. The quantitative estimate of drug-likeness (QED) is 0.142. The number of rotatable bonds is 8. The Morgan fingerprint density at radius 2 is 1.61 bits per heavy atom. The zero-order valence-corrected chi connectivity index (χ0v) is 9.12. The molecule has 0 aromatic rings. The maximum Gasteiger partial charge on any atom is 0.372 e. The third-order valence-corrected chi connectivity index (χ3v) is 2.10. The van der Waals surface area contributed by atoms with Crippen LogP contribution in [0.2, 0.25) is 0 Å². The van der Waals surface area contributed by atoms with Crippen molar-refractivity contribution in [3.8, 4) is 0 Å². The van der Waals surface area contributed by atoms with E-state index in [-0.39, 0.29) is 0 Å². The average Bonchev–Trinajstić information content (AvgIpc) is 2.33. The molecule has 102 valence electrons. The molecule has 0 aromatic heterocycles. The fraction of sp³-hybridized carbons (Fsp3) is 0.750. The SMILES string of the molecule is [N-]=[N+]=NCC(O)C(O)C(O)C(O)CC(=O)C(=O)O. The Hall–Kier alpha value is -1.71. The van der Waals surface area contributed by atoms with E-state index < -0.39 is 49.1 Å². The summed E-state index contributed by atoms with van der Waals surface area (Å²) in [5.41, 5.74) is 7.97. The van der Waals surface area contributed by atoms with Crippen LogP contribution >= 0.6 is 0 Å². The van der Waals surface area contributed by atoms with Crippen molar-refractivity contribution in [3.63, 3.8) is 0 Å². The number of ketones is 1. The lowest BCUT2D eigenvalue weighted by Gasteiger charge is -2.25. The fourth-order valence-corrected chi connectivity index (χ4v) is 1.08. The number of carboxylic acids is 1. The van der Waals surface area contributed by atoms with Gasteiger partial charge in [-0.05, 0) is 5.53 Å². The Balaban J connectivity index is 4.43. The van der Waals surface area contributed by atoms with Crippen LogP contribution < -0.4 is 0 Å². The lowest BCUT2D eigenvalue weighted by Crippen LogP contribution is -2.46. The molecule has 4 atom stereocenters. The van der Waals surface area contributed by atoms with Crippen molar-refractivity contribution in [1.82, 2.24) is 0 Å². The van der Waals surface area contributed by atoms with Gasteiger partial charge in [0, 0.05) is 11.3 Å². The number of aliphatic carboxylic acids is 1. The minimum Gasteiger partial charge on any atom is -0.475 e. The zero-order chi connectivity index (χ0) is 14.3. The molecule has 0 saturated heterocycles. The third-order valence-electron chi connectivity index (χ3n) is 2.10. The molecular weight excluding hydrogens is 250 g/mol. The largest absolute Gasteiger partial charge is 0.475 e. The van der Waals surface area contributed by atoms with Gasteiger partial charge < -0.3 is 25.5 Å². The molecular formula is C8H13N3O7. The van der Waals surface area contributed by atoms with Gasteiger partial charge in [0.1, 0.15) is 12.2 Å². The summed E-state index contributed by atoms with van der Waals surface area (Å²) in [5.74, 6) is -3.14. The topological polar surface area (TPSA) is 184 Å². The number of aliphatic hydroxyl groups excluding tert-OH is 4. The number of aliphatic hydroxyl groups is 4. The second-order valence-electron chi connectivity index (χ2n) is 3.46. The molecule has 0 saturated carbocycles. The van der Waals surface area contributed by atoms with Gasteiger partial charge in [0.2, 0.25) is 5.78 Å². The van der Waals surface area contributed by atoms with E-state index in [1.807, 2.05) is 0 Å². The maximum atomic E-state index is 10.7. The standard InChI is InChI=1S/C8H13N3O7/c9-11-10-2-5(14)7(16)6(15)3(12)1-4(13)8(17)18/h3,5-7,12,14-16H,1-2H2,(H,17,18). The van der Waals surface area contributed by atoms with Crippen molar-refractivity contribution < 1.29 is 35.1 Å². The highest BCUT2D eigenvalue weighted by Crippen LogP contribution is 2.09. The molecule has 0 aliphatic rings. The predicted octanol–water partition coefficient (Wildman–Crippen LogP) is -2.22. The van der Waals surface area contributed by atoms with Crippen molar-refractivity contribution >= 4 is 11.8 Å². The van der Waals surface area contributed by atoms with Crippen LogP contribution in [0.4, 0.5) is 0 Å². The van der Waals surface area contributed by atoms with Crippen LogP contribution in [0.5, 0.6) is 0 Å². The van der Waals surface area contributed by atoms with Crippen molar-refractivity contribution in [1.29, 1.82) is 0 Å². The molecule has 0 aromatic carbocycles. The van der Waals surface area contributed by atoms with E-state index in [0.717, 1.165) is 0 Å². The normalized spacial score (nSPS) is 17.1. The molecule has 0 aliphatic heterocycles. The van der Waals surface area contributed by atoms with Crippen LogP contribution in [-0.2, 0) is 9.59 Å². The van der Waals surface area contributed by atoms with Gasteiger partial charge in [0.25, 0.3) is 0 Å². The number of Topliss-reactive ketones (excluding diaryl/α,β-unsaturated/α-hetero) is 1. The first-order valence-electron chi connectivity index (χ1n) is 4.80. The van der Waals surface area contributed by atoms with E-state index in [0.29, 0.717) is 0 Å². The van der Waals surface area contributed by atoms with Gasteiger partial charge in [-0.2, -0.15) is 0 Å². The number of hydrogen-bond donors (Lipinski definition) is 5. The summed E-state index contributed by atoms with van der Waals surface area (Å²) in [5, 5.41) is 48.4. The summed E-state index contributed by atoms with van der Waals surface area (Å²) >= 11 is 0. The summed E-state index contributed by atoms with van der Waals surface area (Å²) in [6, 6.07) is 0. The molecule has 10 nitrogen and oxygen atoms in total. The van der Waals surface area contributed by atoms with E-state index in [9.17, 15) is 30.0 Å². The monoisotopic (exact) mass is 263 g/mol. The van der Waals surface area contributed by atoms with Crippen LogP contribution in [0.1, 0.15) is 6.42 Å². The number of carbonyl (C=O) groups excluding carboxylic acids is 1. The van der Waals surface area contributed by atoms with E-state index in [1.165, 1.54) is 0 Å². The first-order chi connectivity index (χ1) is 8.31. The predicted molar refractivity (Wildman–Crippen MR) is 55.3 cm³/mol. The third kappa shape index (κ3) is 5.08. The fourth-order valence-electron chi connectivity index (χ4n) is 1.08. The molecule has 10 heteroatoms. The number of carbonyl (C=O) groups is 2. The summed E-state index contributed by atoms with van der Waals surface area (Å²) in [4.78, 5) is 23.2. The van der Waals surface area contributed by atoms with E-state index in [4.69, 9.17) is 10.6 Å². The van der Waals surface area contributed by atoms with Gasteiger partial charge in [0.05, 0.1) is 18.8 Å². The first-order valence-corrected chi connectivity index (χ1v) is 4.80. The van der Waals surface area contributed by atoms with E-state index in [2.05, 4.69) is 10.0 Å². The average molecular weight is 263 g/mol. The molecule has 0 amide bonds. The molecule has 4 unspecified atom stereocenters. The highest BCUT2D eigenvalue weighted by molar-refractivity contribution is 6.32. The Morgan fingerprint density at radius 3 is 2.06 bits per heavy atom. The minimum atomic E-state index is -1.95. The number of hydrogen-bond acceptors (Lipinski definition) is 7. The summed E-state index contributed by atoms with van der Waals surface area (Å²) < 4.78 is 0. The molecule has 0 rings (SSSR count). The molecule has 18 heavy (non-hydrogen) atoms. The Morgan fingerprint density at radius 1 is 1.11 bits per heavy atom. The van der Waals surface area contributed by atoms with E-state index >= 15 is 0 Å². The van der Waals surface area contributed by atoms with Crippen LogP contribution in [-0.4, -0.2) is 68.2 Å². The van der Waals surface area contributed by atoms with E-state index in [1.54, 1.807) is 0 Å². The first kappa shape index (κ1) is 16.3. The minimum absolute atomic E-state index is 0.547. The van der Waals surface area contributed by atoms with Crippen LogP contribution in [0.15, 0.2) is 5.11 Å². The van der Waals surface area contributed by atoms with Crippen LogP contribution in [0.3, 0.4) is 0 Å². The lowest BCUT2D eigenvalue weighted by atomic mass is 9.99. The number of azide groups is 1. The Bertz CT molecular complexity index is 355. The van der Waals surface area contributed by atoms with Crippen molar-refractivity contribution in [2.75, 3.05) is 6.54 Å². The van der Waals surface area contributed by atoms with Gasteiger partial charge in [-0.25, -0.2) is 4.79 Å². The molecule has 0 bridgehead atoms. The molecule has 0 heterocycles. The molecule has 0 radical (unpaired) electrons. The summed E-state index contributed by atoms with van der Waals surface area (Å²) in [7, 11) is 0. The number of carboxylic acid groups (broad SMARTS) is 1. The second kappa shape index (κ2) is 7.58. The van der Waals surface area contributed by atoms with Crippen molar-refractivity contribution in [3.05, 3.63) is 10.4 Å². The summed E-state index contributed by atoms with van der Waals surface area (Å²) in [6.07, 6.45) is -8.25. The lowest BCUT2D eigenvalue weighted by molar-refractivity contribution is -0.152.